The van der Waals surface area contributed by atoms with E-state index in [0.29, 0.717) is 12.2 Å². The van der Waals surface area contributed by atoms with Crippen molar-refractivity contribution < 1.29 is 9.18 Å². The summed E-state index contributed by atoms with van der Waals surface area (Å²) in [5, 5.41) is 2.93. The summed E-state index contributed by atoms with van der Waals surface area (Å²) in [4.78, 5) is 23.8. The Morgan fingerprint density at radius 3 is 2.73 bits per heavy atom. The molecule has 0 bridgehead atoms. The van der Waals surface area contributed by atoms with Gasteiger partial charge in [-0.3, -0.25) is 9.59 Å². The normalized spacial score (nSPS) is 10.7. The molecule has 118 valence electrons. The fraction of sp³-hybridized carbons (Fsp3) is 0.286. The topological polar surface area (TPSA) is 56.0 Å². The predicted molar refractivity (Wildman–Crippen MR) is 84.8 cm³/mol. The van der Waals surface area contributed by atoms with Gasteiger partial charge in [-0.2, -0.15) is 0 Å². The molecule has 0 radical (unpaired) electrons. The second-order valence-corrected chi connectivity index (χ2v) is 5.27. The molecule has 0 unspecified atom stereocenters. The zero-order valence-corrected chi connectivity index (χ0v) is 13.3. The summed E-state index contributed by atoms with van der Waals surface area (Å²) < 4.78 is 15.3. The van der Waals surface area contributed by atoms with Crippen LogP contribution in [0.5, 0.6) is 0 Å². The average molecular weight is 346 g/mol. The van der Waals surface area contributed by atoms with Crippen LogP contribution in [0, 0.1) is 0 Å². The van der Waals surface area contributed by atoms with Gasteiger partial charge in [0.25, 0.3) is 11.5 Å². The van der Waals surface area contributed by atoms with Gasteiger partial charge in [0, 0.05) is 18.8 Å². The first-order chi connectivity index (χ1) is 10.5. The Morgan fingerprint density at radius 1 is 1.36 bits per heavy atom. The summed E-state index contributed by atoms with van der Waals surface area (Å²) in [6.45, 7) is 1.56. The van der Waals surface area contributed by atoms with Crippen LogP contribution >= 0.6 is 23.2 Å². The Hall–Kier alpha value is -1.79. The number of anilines is 1. The minimum atomic E-state index is -0.675. The first kappa shape index (κ1) is 16.6. The summed E-state index contributed by atoms with van der Waals surface area (Å²) in [7, 11) is 0. The molecular formula is C14H14Cl2FN3O2. The average Bonchev–Trinajstić information content (AvgIpc) is 2.78. The Bertz CT molecular complexity index is 755. The number of nitrogens with zero attached hydrogens (tertiary/aromatic N) is 2. The number of carbonyl (C=O) groups is 1. The molecule has 1 amide bonds. The Kier molecular flexibility index (Phi) is 5.26. The Morgan fingerprint density at radius 2 is 2.09 bits per heavy atom. The number of rotatable bonds is 5. The Labute approximate surface area is 136 Å². The molecule has 2 heterocycles. The summed E-state index contributed by atoms with van der Waals surface area (Å²) in [6.07, 6.45) is 1.53. The maximum atomic E-state index is 12.6. The molecule has 2 rings (SSSR count). The molecule has 2 aromatic rings. The zero-order chi connectivity index (χ0) is 16.3. The molecule has 0 atom stereocenters. The van der Waals surface area contributed by atoms with Crippen LogP contribution in [0.25, 0.3) is 0 Å². The van der Waals surface area contributed by atoms with Gasteiger partial charge >= 0.3 is 0 Å². The van der Waals surface area contributed by atoms with Crippen LogP contribution < -0.4 is 10.9 Å². The van der Waals surface area contributed by atoms with E-state index in [1.54, 1.807) is 0 Å². The van der Waals surface area contributed by atoms with Crippen LogP contribution in [0.15, 0.2) is 29.2 Å². The van der Waals surface area contributed by atoms with Crippen LogP contribution in [0.1, 0.15) is 17.4 Å². The highest BCUT2D eigenvalue weighted by Gasteiger charge is 2.18. The number of amides is 1. The van der Waals surface area contributed by atoms with E-state index in [-0.39, 0.29) is 28.0 Å². The number of halogens is 3. The maximum Gasteiger partial charge on any atom is 0.272 e. The zero-order valence-electron chi connectivity index (χ0n) is 11.8. The lowest BCUT2D eigenvalue weighted by Crippen LogP contribution is -2.21. The molecule has 22 heavy (non-hydrogen) atoms. The molecule has 0 aromatic carbocycles. The highest BCUT2D eigenvalue weighted by molar-refractivity contribution is 6.42. The predicted octanol–water partition coefficient (Wildman–Crippen LogP) is 3.20. The maximum absolute atomic E-state index is 12.6. The van der Waals surface area contributed by atoms with Gasteiger partial charge in [0.15, 0.2) is 0 Å². The summed E-state index contributed by atoms with van der Waals surface area (Å²) in [5.74, 6) is -0.483. The molecule has 0 aliphatic carbocycles. The number of pyridine rings is 1. The number of alkyl halides is 1. The molecular weight excluding hydrogens is 332 g/mol. The quantitative estimate of drug-likeness (QED) is 0.904. The largest absolute Gasteiger partial charge is 0.324 e. The van der Waals surface area contributed by atoms with Crippen molar-refractivity contribution in [3.8, 4) is 0 Å². The second-order valence-electron chi connectivity index (χ2n) is 4.51. The van der Waals surface area contributed by atoms with E-state index in [0.717, 1.165) is 0 Å². The molecule has 5 nitrogen and oxygen atoms in total. The lowest BCUT2D eigenvalue weighted by Gasteiger charge is -2.10. The first-order valence-corrected chi connectivity index (χ1v) is 7.35. The van der Waals surface area contributed by atoms with Gasteiger partial charge in [-0.05, 0) is 19.1 Å². The van der Waals surface area contributed by atoms with E-state index in [9.17, 15) is 14.0 Å². The molecule has 1 N–H and O–H groups in total. The molecule has 0 saturated heterocycles. The monoisotopic (exact) mass is 345 g/mol. The van der Waals surface area contributed by atoms with Crippen molar-refractivity contribution >= 4 is 34.8 Å². The third-order valence-corrected chi connectivity index (χ3v) is 3.90. The third kappa shape index (κ3) is 3.34. The fourth-order valence-corrected chi connectivity index (χ4v) is 2.47. The molecule has 0 spiro atoms. The van der Waals surface area contributed by atoms with Crippen LogP contribution in [0.4, 0.5) is 10.1 Å². The first-order valence-electron chi connectivity index (χ1n) is 6.60. The third-order valence-electron chi connectivity index (χ3n) is 3.11. The Balaban J connectivity index is 2.30. The van der Waals surface area contributed by atoms with Crippen LogP contribution in [0.2, 0.25) is 10.2 Å². The SMILES string of the molecule is CCn1cc(NC(=O)c2cc(Cl)c(Cl)n2CCF)ccc1=O. The summed E-state index contributed by atoms with van der Waals surface area (Å²) >= 11 is 11.8. The minimum Gasteiger partial charge on any atom is -0.324 e. The standard InChI is InChI=1S/C14H14Cl2FN3O2/c1-2-19-8-9(3-4-12(19)21)18-14(22)11-7-10(15)13(16)20(11)6-5-17/h3-4,7-8H,2,5-6H2,1H3,(H,18,22). The number of hydrogen-bond donors (Lipinski definition) is 1. The number of nitrogens with one attached hydrogen (secondary N) is 1. The number of aryl methyl sites for hydroxylation is 1. The van der Waals surface area contributed by atoms with E-state index in [1.807, 2.05) is 6.92 Å². The fourth-order valence-electron chi connectivity index (χ4n) is 2.03. The molecule has 8 heteroatoms. The van der Waals surface area contributed by atoms with Gasteiger partial charge in [0.1, 0.15) is 17.5 Å². The number of aromatic nitrogens is 2. The van der Waals surface area contributed by atoms with E-state index < -0.39 is 12.6 Å². The van der Waals surface area contributed by atoms with Crippen molar-refractivity contribution in [3.63, 3.8) is 0 Å². The van der Waals surface area contributed by atoms with Crippen molar-refractivity contribution in [2.75, 3.05) is 12.0 Å². The van der Waals surface area contributed by atoms with Gasteiger partial charge < -0.3 is 14.5 Å². The molecule has 0 aliphatic rings. The molecule has 2 aromatic heterocycles. The smallest absolute Gasteiger partial charge is 0.272 e. The number of hydrogen-bond acceptors (Lipinski definition) is 2. The van der Waals surface area contributed by atoms with Crippen molar-refractivity contribution in [1.82, 2.24) is 9.13 Å². The van der Waals surface area contributed by atoms with Crippen LogP contribution in [0.3, 0.4) is 0 Å². The van der Waals surface area contributed by atoms with Crippen molar-refractivity contribution in [1.29, 1.82) is 0 Å². The lowest BCUT2D eigenvalue weighted by atomic mass is 10.3. The van der Waals surface area contributed by atoms with Crippen LogP contribution in [-0.2, 0) is 13.1 Å². The van der Waals surface area contributed by atoms with E-state index in [2.05, 4.69) is 5.32 Å². The van der Waals surface area contributed by atoms with Gasteiger partial charge in [-0.15, -0.1) is 0 Å². The number of carbonyl (C=O) groups excluding carboxylic acids is 1. The highest BCUT2D eigenvalue weighted by Crippen LogP contribution is 2.27. The second kappa shape index (κ2) is 6.98. The molecule has 0 fully saturated rings. The minimum absolute atomic E-state index is 0.0667. The van der Waals surface area contributed by atoms with E-state index in [1.165, 1.54) is 33.5 Å². The molecule has 0 aliphatic heterocycles. The summed E-state index contributed by atoms with van der Waals surface area (Å²) in [6, 6.07) is 4.24. The van der Waals surface area contributed by atoms with Crippen molar-refractivity contribution in [2.24, 2.45) is 0 Å². The van der Waals surface area contributed by atoms with Gasteiger partial charge in [0.2, 0.25) is 0 Å². The van der Waals surface area contributed by atoms with Crippen LogP contribution in [-0.4, -0.2) is 21.7 Å². The van der Waals surface area contributed by atoms with Gasteiger partial charge in [-0.25, -0.2) is 4.39 Å². The molecule has 0 saturated carbocycles. The van der Waals surface area contributed by atoms with E-state index in [4.69, 9.17) is 23.2 Å². The van der Waals surface area contributed by atoms with Crippen molar-refractivity contribution in [2.45, 2.75) is 20.0 Å². The van der Waals surface area contributed by atoms with E-state index >= 15 is 0 Å². The van der Waals surface area contributed by atoms with Gasteiger partial charge in [0.05, 0.1) is 17.3 Å². The van der Waals surface area contributed by atoms with Gasteiger partial charge in [-0.1, -0.05) is 23.2 Å². The van der Waals surface area contributed by atoms with Crippen molar-refractivity contribution in [3.05, 3.63) is 50.6 Å². The summed E-state index contributed by atoms with van der Waals surface area (Å²) in [5.41, 5.74) is 0.445. The lowest BCUT2D eigenvalue weighted by molar-refractivity contribution is 0.101. The highest BCUT2D eigenvalue weighted by atomic mass is 35.5.